The van der Waals surface area contributed by atoms with E-state index in [4.69, 9.17) is 10.2 Å². The SMILES string of the molecule is O=C(NC(CO)CO)c1c[nH]c(=O)[nH]c1=O. The topological polar surface area (TPSA) is 135 Å². The van der Waals surface area contributed by atoms with Gasteiger partial charge in [0.05, 0.1) is 19.3 Å². The summed E-state index contributed by atoms with van der Waals surface area (Å²) >= 11 is 0. The van der Waals surface area contributed by atoms with Crippen LogP contribution in [0, 0.1) is 0 Å². The molecular weight excluding hydrogens is 218 g/mol. The number of aliphatic hydroxyl groups excluding tert-OH is 2. The Morgan fingerprint density at radius 1 is 1.38 bits per heavy atom. The monoisotopic (exact) mass is 229 g/mol. The van der Waals surface area contributed by atoms with E-state index in [-0.39, 0.29) is 5.56 Å². The third-order valence-electron chi connectivity index (χ3n) is 1.84. The molecule has 8 nitrogen and oxygen atoms in total. The fourth-order valence-electron chi connectivity index (χ4n) is 0.991. The predicted molar refractivity (Wildman–Crippen MR) is 53.1 cm³/mol. The summed E-state index contributed by atoms with van der Waals surface area (Å²) in [5, 5.41) is 19.6. The van der Waals surface area contributed by atoms with Crippen LogP contribution in [0.2, 0.25) is 0 Å². The molecule has 0 spiro atoms. The molecule has 16 heavy (non-hydrogen) atoms. The molecule has 0 aliphatic heterocycles. The Bertz CT molecular complexity index is 473. The summed E-state index contributed by atoms with van der Waals surface area (Å²) in [5.41, 5.74) is -1.86. The maximum atomic E-state index is 11.4. The molecule has 1 aromatic rings. The van der Waals surface area contributed by atoms with Crippen molar-refractivity contribution in [1.82, 2.24) is 15.3 Å². The zero-order valence-electron chi connectivity index (χ0n) is 8.19. The Kier molecular flexibility index (Phi) is 3.97. The summed E-state index contributed by atoms with van der Waals surface area (Å²) in [4.78, 5) is 37.3. The van der Waals surface area contributed by atoms with Gasteiger partial charge in [-0.2, -0.15) is 0 Å². The highest BCUT2D eigenvalue weighted by atomic mass is 16.3. The van der Waals surface area contributed by atoms with Gasteiger partial charge in [0.2, 0.25) is 0 Å². The van der Waals surface area contributed by atoms with Crippen LogP contribution >= 0.6 is 0 Å². The Morgan fingerprint density at radius 2 is 2.00 bits per heavy atom. The van der Waals surface area contributed by atoms with Crippen LogP contribution in [0.25, 0.3) is 0 Å². The molecule has 8 heteroatoms. The molecule has 1 aromatic heterocycles. The molecule has 0 atom stereocenters. The number of hydrogen-bond donors (Lipinski definition) is 5. The van der Waals surface area contributed by atoms with Crippen molar-refractivity contribution in [1.29, 1.82) is 0 Å². The summed E-state index contributed by atoms with van der Waals surface area (Å²) < 4.78 is 0. The van der Waals surface area contributed by atoms with Crippen LogP contribution in [0.3, 0.4) is 0 Å². The van der Waals surface area contributed by atoms with Gasteiger partial charge in [0.15, 0.2) is 0 Å². The largest absolute Gasteiger partial charge is 0.394 e. The molecule has 0 aromatic carbocycles. The highest BCUT2D eigenvalue weighted by molar-refractivity contribution is 5.93. The molecule has 1 amide bonds. The molecule has 0 aliphatic carbocycles. The average molecular weight is 229 g/mol. The van der Waals surface area contributed by atoms with Crippen molar-refractivity contribution < 1.29 is 15.0 Å². The quantitative estimate of drug-likeness (QED) is 0.378. The minimum Gasteiger partial charge on any atom is -0.394 e. The van der Waals surface area contributed by atoms with Gasteiger partial charge in [-0.1, -0.05) is 0 Å². The third-order valence-corrected chi connectivity index (χ3v) is 1.84. The number of carbonyl (C=O) groups is 1. The van der Waals surface area contributed by atoms with Crippen molar-refractivity contribution in [3.8, 4) is 0 Å². The number of aromatic amines is 2. The Hall–Kier alpha value is -1.93. The van der Waals surface area contributed by atoms with E-state index >= 15 is 0 Å². The van der Waals surface area contributed by atoms with E-state index in [9.17, 15) is 14.4 Å². The smallest absolute Gasteiger partial charge is 0.325 e. The fourth-order valence-corrected chi connectivity index (χ4v) is 0.991. The van der Waals surface area contributed by atoms with E-state index in [1.165, 1.54) is 0 Å². The van der Waals surface area contributed by atoms with Gasteiger partial charge in [0.25, 0.3) is 11.5 Å². The Balaban J connectivity index is 2.89. The van der Waals surface area contributed by atoms with Gasteiger partial charge in [-0.25, -0.2) is 4.79 Å². The molecule has 0 fully saturated rings. The first-order valence-corrected chi connectivity index (χ1v) is 4.43. The van der Waals surface area contributed by atoms with Crippen LogP contribution in [0.15, 0.2) is 15.8 Å². The van der Waals surface area contributed by atoms with Gasteiger partial charge in [0.1, 0.15) is 5.56 Å². The Labute approximate surface area is 89.0 Å². The first-order chi connectivity index (χ1) is 7.58. The number of aliphatic hydroxyl groups is 2. The van der Waals surface area contributed by atoms with Gasteiger partial charge in [-0.3, -0.25) is 14.6 Å². The van der Waals surface area contributed by atoms with E-state index in [1.807, 2.05) is 4.98 Å². The van der Waals surface area contributed by atoms with Crippen molar-refractivity contribution in [2.75, 3.05) is 13.2 Å². The maximum absolute atomic E-state index is 11.4. The molecule has 1 rings (SSSR count). The van der Waals surface area contributed by atoms with Gasteiger partial charge >= 0.3 is 5.69 Å². The van der Waals surface area contributed by atoms with E-state index in [0.29, 0.717) is 0 Å². The lowest BCUT2D eigenvalue weighted by atomic mass is 10.2. The number of H-pyrrole nitrogens is 2. The van der Waals surface area contributed by atoms with Gasteiger partial charge in [-0.15, -0.1) is 0 Å². The number of aromatic nitrogens is 2. The minimum atomic E-state index is -0.848. The zero-order chi connectivity index (χ0) is 12.1. The highest BCUT2D eigenvalue weighted by Gasteiger charge is 2.15. The van der Waals surface area contributed by atoms with Crippen molar-refractivity contribution in [2.24, 2.45) is 0 Å². The van der Waals surface area contributed by atoms with Crippen molar-refractivity contribution in [2.45, 2.75) is 6.04 Å². The van der Waals surface area contributed by atoms with Crippen LogP contribution in [0.5, 0.6) is 0 Å². The van der Waals surface area contributed by atoms with Crippen LogP contribution in [-0.4, -0.2) is 45.3 Å². The van der Waals surface area contributed by atoms with Crippen LogP contribution in [-0.2, 0) is 0 Å². The molecule has 0 saturated carbocycles. The molecular formula is C8H11N3O5. The number of carbonyl (C=O) groups excluding carboxylic acids is 1. The molecule has 0 bridgehead atoms. The second-order valence-electron chi connectivity index (χ2n) is 3.02. The third kappa shape index (κ3) is 2.78. The second-order valence-corrected chi connectivity index (χ2v) is 3.02. The zero-order valence-corrected chi connectivity index (χ0v) is 8.19. The minimum absolute atomic E-state index is 0.300. The molecule has 0 unspecified atom stereocenters. The molecule has 0 aliphatic rings. The molecule has 0 saturated heterocycles. The molecule has 0 radical (unpaired) electrons. The van der Waals surface area contributed by atoms with E-state index in [0.717, 1.165) is 6.20 Å². The van der Waals surface area contributed by atoms with Crippen molar-refractivity contribution in [3.63, 3.8) is 0 Å². The molecule has 5 N–H and O–H groups in total. The van der Waals surface area contributed by atoms with Crippen LogP contribution < -0.4 is 16.6 Å². The normalized spacial score (nSPS) is 10.4. The molecule has 1 heterocycles. The summed E-state index contributed by atoms with van der Waals surface area (Å²) in [6, 6.07) is -0.848. The van der Waals surface area contributed by atoms with Gasteiger partial charge in [0, 0.05) is 6.20 Å². The van der Waals surface area contributed by atoms with E-state index in [1.54, 1.807) is 0 Å². The Morgan fingerprint density at radius 3 is 2.50 bits per heavy atom. The second kappa shape index (κ2) is 5.24. The lowest BCUT2D eigenvalue weighted by Gasteiger charge is -2.12. The van der Waals surface area contributed by atoms with Gasteiger partial charge < -0.3 is 20.5 Å². The average Bonchev–Trinajstić information content (AvgIpc) is 2.25. The van der Waals surface area contributed by atoms with E-state index in [2.05, 4.69) is 10.3 Å². The van der Waals surface area contributed by atoms with Crippen molar-refractivity contribution in [3.05, 3.63) is 32.6 Å². The summed E-state index contributed by atoms with van der Waals surface area (Å²) in [5.74, 6) is -0.786. The van der Waals surface area contributed by atoms with Crippen molar-refractivity contribution >= 4 is 5.91 Å². The number of nitrogens with one attached hydrogen (secondary N) is 3. The summed E-state index contributed by atoms with van der Waals surface area (Å²) in [6.07, 6.45) is 0.961. The predicted octanol–water partition coefficient (Wildman–Crippen LogP) is -2.85. The van der Waals surface area contributed by atoms with Crippen LogP contribution in [0.4, 0.5) is 0 Å². The maximum Gasteiger partial charge on any atom is 0.325 e. The number of hydrogen-bond acceptors (Lipinski definition) is 5. The lowest BCUT2D eigenvalue weighted by molar-refractivity contribution is 0.0877. The number of rotatable bonds is 4. The standard InChI is InChI=1S/C8H11N3O5/c12-2-4(3-13)10-6(14)5-1-9-8(16)11-7(5)15/h1,4,12-13H,2-3H2,(H,10,14)(H2,9,11,15,16). The molecule has 88 valence electrons. The highest BCUT2D eigenvalue weighted by Crippen LogP contribution is 1.88. The lowest BCUT2D eigenvalue weighted by Crippen LogP contribution is -2.42. The fraction of sp³-hybridized carbons (Fsp3) is 0.375. The van der Waals surface area contributed by atoms with E-state index < -0.39 is 36.4 Å². The van der Waals surface area contributed by atoms with Gasteiger partial charge in [-0.05, 0) is 0 Å². The van der Waals surface area contributed by atoms with Crippen LogP contribution in [0.1, 0.15) is 10.4 Å². The number of amides is 1. The summed E-state index contributed by atoms with van der Waals surface area (Å²) in [6.45, 7) is -0.910. The first kappa shape index (κ1) is 12.1. The summed E-state index contributed by atoms with van der Waals surface area (Å²) in [7, 11) is 0. The first-order valence-electron chi connectivity index (χ1n) is 4.43.